The lowest BCUT2D eigenvalue weighted by Crippen LogP contribution is -2.30. The van der Waals surface area contributed by atoms with Crippen LogP contribution in [0.15, 0.2) is 24.3 Å². The molecule has 1 N–H and O–H groups in total. The second-order valence-corrected chi connectivity index (χ2v) is 4.60. The Balaban J connectivity index is 2.18. The zero-order valence-electron chi connectivity index (χ0n) is 9.08. The Morgan fingerprint density at radius 2 is 1.81 bits per heavy atom. The first-order valence-electron chi connectivity index (χ1n) is 5.60. The van der Waals surface area contributed by atoms with Crippen molar-refractivity contribution < 1.29 is 14.3 Å². The van der Waals surface area contributed by atoms with Crippen LogP contribution >= 0.6 is 0 Å². The Kier molecular flexibility index (Phi) is 2.95. The maximum atomic E-state index is 12.7. The van der Waals surface area contributed by atoms with E-state index in [4.69, 9.17) is 0 Å². The third kappa shape index (κ3) is 2.08. The molecule has 0 unspecified atom stereocenters. The molecule has 0 atom stereocenters. The van der Waals surface area contributed by atoms with E-state index in [1.54, 1.807) is 12.1 Å². The van der Waals surface area contributed by atoms with Crippen molar-refractivity contribution in [3.63, 3.8) is 0 Å². The van der Waals surface area contributed by atoms with Gasteiger partial charge in [0.25, 0.3) is 0 Å². The number of carboxylic acids is 1. The molecular formula is C13H15FO2. The molecule has 2 rings (SSSR count). The van der Waals surface area contributed by atoms with Gasteiger partial charge in [-0.2, -0.15) is 0 Å². The van der Waals surface area contributed by atoms with Crippen molar-refractivity contribution in [2.24, 2.45) is 5.41 Å². The summed E-state index contributed by atoms with van der Waals surface area (Å²) >= 11 is 0. The van der Waals surface area contributed by atoms with Gasteiger partial charge in [0.05, 0.1) is 5.41 Å². The number of halogens is 1. The fourth-order valence-corrected chi connectivity index (χ4v) is 2.51. The van der Waals surface area contributed by atoms with Gasteiger partial charge in [-0.3, -0.25) is 4.79 Å². The number of hydrogen-bond donors (Lipinski definition) is 1. The molecule has 0 saturated heterocycles. The Morgan fingerprint density at radius 1 is 1.25 bits per heavy atom. The van der Waals surface area contributed by atoms with Crippen molar-refractivity contribution in [2.75, 3.05) is 0 Å². The van der Waals surface area contributed by atoms with Crippen molar-refractivity contribution in [1.29, 1.82) is 0 Å². The van der Waals surface area contributed by atoms with E-state index >= 15 is 0 Å². The van der Waals surface area contributed by atoms with E-state index in [0.29, 0.717) is 6.42 Å². The molecule has 0 aromatic heterocycles. The first kappa shape index (κ1) is 11.1. The summed E-state index contributed by atoms with van der Waals surface area (Å²) < 4.78 is 12.7. The van der Waals surface area contributed by atoms with Crippen molar-refractivity contribution in [1.82, 2.24) is 0 Å². The van der Waals surface area contributed by atoms with E-state index < -0.39 is 11.4 Å². The molecule has 0 bridgehead atoms. The summed E-state index contributed by atoms with van der Waals surface area (Å²) in [5, 5.41) is 9.31. The van der Waals surface area contributed by atoms with Gasteiger partial charge in [0, 0.05) is 0 Å². The molecule has 3 heteroatoms. The van der Waals surface area contributed by atoms with Crippen LogP contribution in [-0.2, 0) is 11.2 Å². The molecule has 1 fully saturated rings. The minimum atomic E-state index is -0.714. The standard InChI is InChI=1S/C13H15FO2/c14-11-5-3-10(4-6-11)9-13(12(15)16)7-1-2-8-13/h3-6H,1-2,7-9H2,(H,15,16). The summed E-state index contributed by atoms with van der Waals surface area (Å²) in [6.45, 7) is 0. The monoisotopic (exact) mass is 222 g/mol. The van der Waals surface area contributed by atoms with Crippen LogP contribution in [0.3, 0.4) is 0 Å². The molecule has 16 heavy (non-hydrogen) atoms. The zero-order chi connectivity index (χ0) is 11.6. The van der Waals surface area contributed by atoms with Crippen LogP contribution in [0.4, 0.5) is 4.39 Å². The van der Waals surface area contributed by atoms with E-state index in [2.05, 4.69) is 0 Å². The molecule has 0 spiro atoms. The van der Waals surface area contributed by atoms with Crippen LogP contribution in [0, 0.1) is 11.2 Å². The van der Waals surface area contributed by atoms with Gasteiger partial charge in [0.1, 0.15) is 5.82 Å². The third-order valence-electron chi connectivity index (χ3n) is 3.47. The number of aliphatic carboxylic acids is 1. The highest BCUT2D eigenvalue weighted by molar-refractivity contribution is 5.75. The Labute approximate surface area is 94.1 Å². The molecule has 2 nitrogen and oxygen atoms in total. The second-order valence-electron chi connectivity index (χ2n) is 4.60. The molecule has 1 aromatic carbocycles. The van der Waals surface area contributed by atoms with Crippen LogP contribution in [0.25, 0.3) is 0 Å². The fraction of sp³-hybridized carbons (Fsp3) is 0.462. The van der Waals surface area contributed by atoms with E-state index in [1.807, 2.05) is 0 Å². The maximum Gasteiger partial charge on any atom is 0.309 e. The largest absolute Gasteiger partial charge is 0.481 e. The average Bonchev–Trinajstić information content (AvgIpc) is 2.71. The van der Waals surface area contributed by atoms with Gasteiger partial charge in [-0.1, -0.05) is 25.0 Å². The van der Waals surface area contributed by atoms with Gasteiger partial charge >= 0.3 is 5.97 Å². The highest BCUT2D eigenvalue weighted by atomic mass is 19.1. The summed E-state index contributed by atoms with van der Waals surface area (Å²) in [6.07, 6.45) is 3.95. The normalized spacial score (nSPS) is 18.6. The molecule has 0 aliphatic heterocycles. The van der Waals surface area contributed by atoms with Gasteiger partial charge in [0.15, 0.2) is 0 Å². The summed E-state index contributed by atoms with van der Waals surface area (Å²) in [6, 6.07) is 6.14. The summed E-state index contributed by atoms with van der Waals surface area (Å²) in [5.41, 5.74) is 0.295. The Hall–Kier alpha value is -1.38. The third-order valence-corrected chi connectivity index (χ3v) is 3.47. The van der Waals surface area contributed by atoms with Crippen LogP contribution in [0.2, 0.25) is 0 Å². The van der Waals surface area contributed by atoms with Crippen LogP contribution in [0.5, 0.6) is 0 Å². The lowest BCUT2D eigenvalue weighted by molar-refractivity contribution is -0.148. The van der Waals surface area contributed by atoms with Gasteiger partial charge < -0.3 is 5.11 Å². The smallest absolute Gasteiger partial charge is 0.309 e. The number of hydrogen-bond acceptors (Lipinski definition) is 1. The van der Waals surface area contributed by atoms with Crippen molar-refractivity contribution in [3.05, 3.63) is 35.6 Å². The molecule has 1 saturated carbocycles. The first-order valence-corrected chi connectivity index (χ1v) is 5.60. The maximum absolute atomic E-state index is 12.7. The highest BCUT2D eigenvalue weighted by Crippen LogP contribution is 2.41. The lowest BCUT2D eigenvalue weighted by Gasteiger charge is -2.23. The number of rotatable bonds is 3. The Morgan fingerprint density at radius 3 is 2.31 bits per heavy atom. The van der Waals surface area contributed by atoms with Crippen LogP contribution in [0.1, 0.15) is 31.2 Å². The van der Waals surface area contributed by atoms with E-state index in [1.165, 1.54) is 12.1 Å². The van der Waals surface area contributed by atoms with E-state index in [9.17, 15) is 14.3 Å². The fourth-order valence-electron chi connectivity index (χ4n) is 2.51. The summed E-state index contributed by atoms with van der Waals surface area (Å²) in [7, 11) is 0. The molecule has 0 radical (unpaired) electrons. The molecule has 1 aliphatic rings. The average molecular weight is 222 g/mol. The second kappa shape index (κ2) is 4.24. The van der Waals surface area contributed by atoms with E-state index in [-0.39, 0.29) is 5.82 Å². The topological polar surface area (TPSA) is 37.3 Å². The molecule has 1 aromatic rings. The highest BCUT2D eigenvalue weighted by Gasteiger charge is 2.41. The van der Waals surface area contributed by atoms with Crippen LogP contribution < -0.4 is 0 Å². The van der Waals surface area contributed by atoms with Gasteiger partial charge in [-0.15, -0.1) is 0 Å². The van der Waals surface area contributed by atoms with Gasteiger partial charge in [-0.05, 0) is 37.0 Å². The predicted octanol–water partition coefficient (Wildman–Crippen LogP) is 3.01. The minimum absolute atomic E-state index is 0.278. The van der Waals surface area contributed by atoms with Crippen molar-refractivity contribution in [3.8, 4) is 0 Å². The molecular weight excluding hydrogens is 207 g/mol. The van der Waals surface area contributed by atoms with Crippen molar-refractivity contribution >= 4 is 5.97 Å². The number of carboxylic acid groups (broad SMARTS) is 1. The van der Waals surface area contributed by atoms with Crippen LogP contribution in [-0.4, -0.2) is 11.1 Å². The zero-order valence-corrected chi connectivity index (χ0v) is 9.08. The predicted molar refractivity (Wildman–Crippen MR) is 58.6 cm³/mol. The van der Waals surface area contributed by atoms with Gasteiger partial charge in [-0.25, -0.2) is 4.39 Å². The van der Waals surface area contributed by atoms with Crippen molar-refractivity contribution in [2.45, 2.75) is 32.1 Å². The first-order chi connectivity index (χ1) is 7.62. The number of benzene rings is 1. The van der Waals surface area contributed by atoms with Gasteiger partial charge in [0.2, 0.25) is 0 Å². The van der Waals surface area contributed by atoms with E-state index in [0.717, 1.165) is 31.2 Å². The SMILES string of the molecule is O=C(O)C1(Cc2ccc(F)cc2)CCCC1. The molecule has 0 heterocycles. The molecule has 1 aliphatic carbocycles. The quantitative estimate of drug-likeness (QED) is 0.853. The molecule has 0 amide bonds. The Bertz CT molecular complexity index is 377. The lowest BCUT2D eigenvalue weighted by atomic mass is 9.80. The summed E-state index contributed by atoms with van der Waals surface area (Å²) in [5.74, 6) is -0.992. The summed E-state index contributed by atoms with van der Waals surface area (Å²) in [4.78, 5) is 11.3. The molecule has 86 valence electrons. The minimum Gasteiger partial charge on any atom is -0.481 e. The number of carbonyl (C=O) groups is 1.